The lowest BCUT2D eigenvalue weighted by Crippen LogP contribution is -2.09. The van der Waals surface area contributed by atoms with E-state index in [9.17, 15) is 0 Å². The molecule has 0 aliphatic carbocycles. The average Bonchev–Trinajstić information content (AvgIpc) is 2.38. The Bertz CT molecular complexity index is 172. The van der Waals surface area contributed by atoms with E-state index < -0.39 is 0 Å². The molecule has 2 N–H and O–H groups in total. The first-order valence-corrected chi connectivity index (χ1v) is 4.42. The number of rotatable bonds is 3. The van der Waals surface area contributed by atoms with E-state index in [1.54, 1.807) is 11.3 Å². The molecular formula is C7H12N2S. The average molecular weight is 156 g/mol. The number of nitrogens with zero attached hydrogens (tertiary/aromatic N) is 1. The summed E-state index contributed by atoms with van der Waals surface area (Å²) >= 11 is 1.60. The van der Waals surface area contributed by atoms with Crippen molar-refractivity contribution in [3.8, 4) is 0 Å². The fourth-order valence-corrected chi connectivity index (χ4v) is 1.48. The van der Waals surface area contributed by atoms with E-state index in [4.69, 9.17) is 5.73 Å². The smallest absolute Gasteiger partial charge is 0.0795 e. The molecule has 0 radical (unpaired) electrons. The molecule has 56 valence electrons. The van der Waals surface area contributed by atoms with Crippen LogP contribution in [0.2, 0.25) is 0 Å². The highest BCUT2D eigenvalue weighted by molar-refractivity contribution is 7.07. The Morgan fingerprint density at radius 3 is 3.10 bits per heavy atom. The fraction of sp³-hybridized carbons (Fsp3) is 0.571. The maximum absolute atomic E-state index is 5.79. The minimum absolute atomic E-state index is 0.149. The molecule has 0 spiro atoms. The number of hydrogen-bond donors (Lipinski definition) is 1. The lowest BCUT2D eigenvalue weighted by molar-refractivity contribution is 0.625. The van der Waals surface area contributed by atoms with Gasteiger partial charge in [0.05, 0.1) is 11.2 Å². The van der Waals surface area contributed by atoms with E-state index >= 15 is 0 Å². The van der Waals surface area contributed by atoms with Crippen LogP contribution in [0.3, 0.4) is 0 Å². The van der Waals surface area contributed by atoms with Gasteiger partial charge >= 0.3 is 0 Å². The van der Waals surface area contributed by atoms with Gasteiger partial charge in [-0.1, -0.05) is 13.3 Å². The molecule has 0 bridgehead atoms. The summed E-state index contributed by atoms with van der Waals surface area (Å²) in [5, 5.41) is 2.01. The van der Waals surface area contributed by atoms with E-state index in [1.165, 1.54) is 0 Å². The number of thiazole rings is 1. The third-order valence-electron chi connectivity index (χ3n) is 1.43. The number of hydrogen-bond acceptors (Lipinski definition) is 3. The molecule has 1 atom stereocenters. The summed E-state index contributed by atoms with van der Waals surface area (Å²) in [4.78, 5) is 4.13. The number of aromatic nitrogens is 1. The van der Waals surface area contributed by atoms with Gasteiger partial charge in [-0.2, -0.15) is 0 Å². The van der Waals surface area contributed by atoms with Crippen LogP contribution in [0.15, 0.2) is 10.9 Å². The predicted molar refractivity (Wildman–Crippen MR) is 44.0 cm³/mol. The Labute approximate surface area is 65.1 Å². The monoisotopic (exact) mass is 156 g/mol. The van der Waals surface area contributed by atoms with E-state index in [1.807, 2.05) is 10.9 Å². The minimum Gasteiger partial charge on any atom is -0.323 e. The Hall–Kier alpha value is -0.410. The third-order valence-corrected chi connectivity index (χ3v) is 2.04. The molecule has 0 amide bonds. The van der Waals surface area contributed by atoms with Crippen LogP contribution in [0.5, 0.6) is 0 Å². The SMILES string of the molecule is CCC[C@H](N)c1cscn1. The zero-order valence-electron chi connectivity index (χ0n) is 6.08. The maximum Gasteiger partial charge on any atom is 0.0795 e. The lowest BCUT2D eigenvalue weighted by atomic mass is 10.1. The first kappa shape index (κ1) is 7.69. The normalized spacial score (nSPS) is 13.4. The standard InChI is InChI=1S/C7H12N2S/c1-2-3-6(8)7-4-10-5-9-7/h4-6H,2-3,8H2,1H3/t6-/m0/s1. The van der Waals surface area contributed by atoms with Gasteiger partial charge in [-0.05, 0) is 6.42 Å². The van der Waals surface area contributed by atoms with Crippen LogP contribution < -0.4 is 5.73 Å². The van der Waals surface area contributed by atoms with Crippen LogP contribution in [-0.2, 0) is 0 Å². The van der Waals surface area contributed by atoms with Crippen molar-refractivity contribution in [2.75, 3.05) is 0 Å². The van der Waals surface area contributed by atoms with Gasteiger partial charge in [-0.25, -0.2) is 4.98 Å². The van der Waals surface area contributed by atoms with Crippen molar-refractivity contribution >= 4 is 11.3 Å². The first-order chi connectivity index (χ1) is 4.84. The summed E-state index contributed by atoms with van der Waals surface area (Å²) in [6.07, 6.45) is 2.16. The van der Waals surface area contributed by atoms with Crippen molar-refractivity contribution in [3.63, 3.8) is 0 Å². The van der Waals surface area contributed by atoms with Gasteiger partial charge in [-0.15, -0.1) is 11.3 Å². The van der Waals surface area contributed by atoms with E-state index in [-0.39, 0.29) is 6.04 Å². The van der Waals surface area contributed by atoms with Crippen molar-refractivity contribution < 1.29 is 0 Å². The molecule has 2 nitrogen and oxygen atoms in total. The highest BCUT2D eigenvalue weighted by Crippen LogP contribution is 2.14. The van der Waals surface area contributed by atoms with Crippen molar-refractivity contribution in [1.29, 1.82) is 0 Å². The zero-order valence-corrected chi connectivity index (χ0v) is 6.90. The molecule has 0 aliphatic rings. The van der Waals surface area contributed by atoms with Crippen molar-refractivity contribution in [2.45, 2.75) is 25.8 Å². The summed E-state index contributed by atoms with van der Waals surface area (Å²) in [7, 11) is 0. The Morgan fingerprint density at radius 2 is 2.60 bits per heavy atom. The predicted octanol–water partition coefficient (Wildman–Crippen LogP) is 1.94. The third kappa shape index (κ3) is 1.78. The van der Waals surface area contributed by atoms with Crippen LogP contribution in [0, 0.1) is 0 Å². The second-order valence-electron chi connectivity index (χ2n) is 2.31. The van der Waals surface area contributed by atoms with Crippen LogP contribution >= 0.6 is 11.3 Å². The van der Waals surface area contributed by atoms with Gasteiger partial charge < -0.3 is 5.73 Å². The maximum atomic E-state index is 5.79. The van der Waals surface area contributed by atoms with Gasteiger partial charge in [0.1, 0.15) is 0 Å². The highest BCUT2D eigenvalue weighted by Gasteiger charge is 2.04. The summed E-state index contributed by atoms with van der Waals surface area (Å²) in [6.45, 7) is 2.13. The lowest BCUT2D eigenvalue weighted by Gasteiger charge is -2.04. The molecular weight excluding hydrogens is 144 g/mol. The van der Waals surface area contributed by atoms with E-state index in [0.717, 1.165) is 18.5 Å². The summed E-state index contributed by atoms with van der Waals surface area (Å²) in [5.74, 6) is 0. The van der Waals surface area contributed by atoms with E-state index in [0.29, 0.717) is 0 Å². The molecule has 0 saturated heterocycles. The van der Waals surface area contributed by atoms with Crippen molar-refractivity contribution in [2.24, 2.45) is 5.73 Å². The summed E-state index contributed by atoms with van der Waals surface area (Å²) < 4.78 is 0. The molecule has 0 fully saturated rings. The second kappa shape index (κ2) is 3.68. The summed E-state index contributed by atoms with van der Waals surface area (Å²) in [6, 6.07) is 0.149. The summed E-state index contributed by atoms with van der Waals surface area (Å²) in [5.41, 5.74) is 8.65. The number of nitrogens with two attached hydrogens (primary N) is 1. The molecule has 0 aromatic carbocycles. The topological polar surface area (TPSA) is 38.9 Å². The van der Waals surface area contributed by atoms with Gasteiger partial charge in [0.2, 0.25) is 0 Å². The van der Waals surface area contributed by atoms with Crippen molar-refractivity contribution in [1.82, 2.24) is 4.98 Å². The van der Waals surface area contributed by atoms with Gasteiger partial charge in [0, 0.05) is 11.4 Å². The molecule has 3 heteroatoms. The van der Waals surface area contributed by atoms with Crippen LogP contribution in [0.1, 0.15) is 31.5 Å². The van der Waals surface area contributed by atoms with Gasteiger partial charge in [-0.3, -0.25) is 0 Å². The molecule has 0 unspecified atom stereocenters. The first-order valence-electron chi connectivity index (χ1n) is 3.48. The molecule has 0 aliphatic heterocycles. The largest absolute Gasteiger partial charge is 0.323 e. The molecule has 1 aromatic rings. The van der Waals surface area contributed by atoms with Crippen molar-refractivity contribution in [3.05, 3.63) is 16.6 Å². The molecule has 1 rings (SSSR count). The highest BCUT2D eigenvalue weighted by atomic mass is 32.1. The Morgan fingerprint density at radius 1 is 1.80 bits per heavy atom. The molecule has 1 aromatic heterocycles. The Kier molecular flexibility index (Phi) is 2.83. The van der Waals surface area contributed by atoms with Gasteiger partial charge in [0.25, 0.3) is 0 Å². The van der Waals surface area contributed by atoms with Gasteiger partial charge in [0.15, 0.2) is 0 Å². The molecule has 1 heterocycles. The zero-order chi connectivity index (χ0) is 7.40. The second-order valence-corrected chi connectivity index (χ2v) is 3.03. The van der Waals surface area contributed by atoms with Crippen LogP contribution in [0.4, 0.5) is 0 Å². The van der Waals surface area contributed by atoms with Crippen LogP contribution in [-0.4, -0.2) is 4.98 Å². The molecule has 0 saturated carbocycles. The minimum atomic E-state index is 0.149. The fourth-order valence-electron chi connectivity index (χ4n) is 0.864. The quantitative estimate of drug-likeness (QED) is 0.726. The van der Waals surface area contributed by atoms with Crippen LogP contribution in [0.25, 0.3) is 0 Å². The van der Waals surface area contributed by atoms with E-state index in [2.05, 4.69) is 11.9 Å². The Balaban J connectivity index is 2.50. The molecule has 10 heavy (non-hydrogen) atoms.